The van der Waals surface area contributed by atoms with E-state index in [2.05, 4.69) is 4.98 Å². The molecule has 1 aromatic rings. The molecule has 1 unspecified atom stereocenters. The SMILES string of the molecule is Cc1ncc(CCC(O)C(C)C)s1. The molecule has 1 heterocycles. The van der Waals surface area contributed by atoms with Gasteiger partial charge in [0.2, 0.25) is 0 Å². The summed E-state index contributed by atoms with van der Waals surface area (Å²) in [7, 11) is 0. The maximum atomic E-state index is 9.58. The molecule has 1 atom stereocenters. The van der Waals surface area contributed by atoms with Crippen molar-refractivity contribution in [2.24, 2.45) is 5.92 Å². The Morgan fingerprint density at radius 2 is 2.23 bits per heavy atom. The third-order valence-electron chi connectivity index (χ3n) is 2.13. The van der Waals surface area contributed by atoms with Crippen molar-refractivity contribution in [1.82, 2.24) is 4.98 Å². The number of aryl methyl sites for hydroxylation is 2. The fourth-order valence-corrected chi connectivity index (χ4v) is 1.95. The van der Waals surface area contributed by atoms with Crippen molar-refractivity contribution < 1.29 is 5.11 Å². The monoisotopic (exact) mass is 199 g/mol. The number of aliphatic hydroxyl groups is 1. The number of aromatic nitrogens is 1. The van der Waals surface area contributed by atoms with Crippen molar-refractivity contribution in [2.45, 2.75) is 39.7 Å². The van der Waals surface area contributed by atoms with Gasteiger partial charge < -0.3 is 5.11 Å². The lowest BCUT2D eigenvalue weighted by Crippen LogP contribution is -2.14. The van der Waals surface area contributed by atoms with Crippen LogP contribution < -0.4 is 0 Å². The van der Waals surface area contributed by atoms with E-state index in [1.54, 1.807) is 11.3 Å². The second-order valence-corrected chi connectivity index (χ2v) is 5.01. The molecule has 3 heteroatoms. The Morgan fingerprint density at radius 1 is 1.54 bits per heavy atom. The summed E-state index contributed by atoms with van der Waals surface area (Å²) in [4.78, 5) is 5.45. The number of aliphatic hydroxyl groups excluding tert-OH is 1. The van der Waals surface area contributed by atoms with E-state index in [9.17, 15) is 5.11 Å². The predicted octanol–water partition coefficient (Wildman–Crippen LogP) is 2.40. The molecule has 0 bridgehead atoms. The third kappa shape index (κ3) is 3.44. The van der Waals surface area contributed by atoms with E-state index in [-0.39, 0.29) is 6.10 Å². The van der Waals surface area contributed by atoms with E-state index in [1.807, 2.05) is 27.0 Å². The van der Waals surface area contributed by atoms with E-state index in [0.29, 0.717) is 5.92 Å². The standard InChI is InChI=1S/C10H17NOS/c1-7(2)10(12)5-4-9-6-11-8(3)13-9/h6-7,10,12H,4-5H2,1-3H3. The molecule has 1 rings (SSSR count). The maximum absolute atomic E-state index is 9.58. The van der Waals surface area contributed by atoms with Crippen LogP contribution in [-0.4, -0.2) is 16.2 Å². The minimum absolute atomic E-state index is 0.178. The molecule has 1 aromatic heterocycles. The lowest BCUT2D eigenvalue weighted by molar-refractivity contribution is 0.117. The topological polar surface area (TPSA) is 33.1 Å². The molecule has 74 valence electrons. The Balaban J connectivity index is 2.35. The van der Waals surface area contributed by atoms with Crippen LogP contribution >= 0.6 is 11.3 Å². The molecule has 0 aliphatic rings. The fraction of sp³-hybridized carbons (Fsp3) is 0.700. The number of thiazole rings is 1. The minimum atomic E-state index is -0.178. The van der Waals surface area contributed by atoms with Crippen LogP contribution in [-0.2, 0) is 6.42 Å². The third-order valence-corrected chi connectivity index (χ3v) is 3.10. The molecule has 0 aliphatic carbocycles. The summed E-state index contributed by atoms with van der Waals surface area (Å²) < 4.78 is 0. The smallest absolute Gasteiger partial charge is 0.0896 e. The number of nitrogens with zero attached hydrogens (tertiary/aromatic N) is 1. The summed E-state index contributed by atoms with van der Waals surface area (Å²) in [5, 5.41) is 10.7. The van der Waals surface area contributed by atoms with E-state index in [4.69, 9.17) is 0 Å². The van der Waals surface area contributed by atoms with Crippen molar-refractivity contribution in [2.75, 3.05) is 0 Å². The van der Waals surface area contributed by atoms with Crippen LogP contribution in [0.15, 0.2) is 6.20 Å². The molecule has 0 spiro atoms. The summed E-state index contributed by atoms with van der Waals surface area (Å²) in [6.45, 7) is 6.10. The minimum Gasteiger partial charge on any atom is -0.393 e. The molecule has 0 aromatic carbocycles. The first-order chi connectivity index (χ1) is 6.09. The van der Waals surface area contributed by atoms with Gasteiger partial charge in [-0.15, -0.1) is 11.3 Å². The first kappa shape index (κ1) is 10.7. The Hall–Kier alpha value is -0.410. The van der Waals surface area contributed by atoms with Crippen LogP contribution in [0.25, 0.3) is 0 Å². The zero-order valence-corrected chi connectivity index (χ0v) is 9.27. The van der Waals surface area contributed by atoms with Gasteiger partial charge in [-0.05, 0) is 25.7 Å². The zero-order valence-electron chi connectivity index (χ0n) is 8.45. The van der Waals surface area contributed by atoms with Gasteiger partial charge in [0.25, 0.3) is 0 Å². The zero-order chi connectivity index (χ0) is 9.84. The molecule has 0 aliphatic heterocycles. The van der Waals surface area contributed by atoms with Crippen molar-refractivity contribution in [1.29, 1.82) is 0 Å². The van der Waals surface area contributed by atoms with Gasteiger partial charge in [0.1, 0.15) is 0 Å². The second-order valence-electron chi connectivity index (χ2n) is 3.70. The van der Waals surface area contributed by atoms with E-state index in [1.165, 1.54) is 4.88 Å². The van der Waals surface area contributed by atoms with Gasteiger partial charge >= 0.3 is 0 Å². The van der Waals surface area contributed by atoms with Crippen LogP contribution in [0, 0.1) is 12.8 Å². The largest absolute Gasteiger partial charge is 0.393 e. The molecular formula is C10H17NOS. The highest BCUT2D eigenvalue weighted by molar-refractivity contribution is 7.11. The quantitative estimate of drug-likeness (QED) is 0.807. The number of hydrogen-bond acceptors (Lipinski definition) is 3. The van der Waals surface area contributed by atoms with Crippen molar-refractivity contribution in [3.8, 4) is 0 Å². The van der Waals surface area contributed by atoms with E-state index < -0.39 is 0 Å². The van der Waals surface area contributed by atoms with Gasteiger partial charge in [-0.2, -0.15) is 0 Å². The molecule has 0 saturated carbocycles. The van der Waals surface area contributed by atoms with Crippen LogP contribution in [0.3, 0.4) is 0 Å². The van der Waals surface area contributed by atoms with Gasteiger partial charge in [-0.1, -0.05) is 13.8 Å². The molecule has 13 heavy (non-hydrogen) atoms. The predicted molar refractivity (Wildman–Crippen MR) is 56.0 cm³/mol. The van der Waals surface area contributed by atoms with Crippen LogP contribution in [0.5, 0.6) is 0 Å². The van der Waals surface area contributed by atoms with Crippen molar-refractivity contribution in [3.63, 3.8) is 0 Å². The molecule has 0 radical (unpaired) electrons. The Morgan fingerprint density at radius 3 is 2.69 bits per heavy atom. The summed E-state index contributed by atoms with van der Waals surface area (Å²) in [5.41, 5.74) is 0. The van der Waals surface area contributed by atoms with Gasteiger partial charge in [0.15, 0.2) is 0 Å². The lowest BCUT2D eigenvalue weighted by Gasteiger charge is -2.12. The Labute approximate surface area is 83.6 Å². The number of rotatable bonds is 4. The molecular weight excluding hydrogens is 182 g/mol. The second kappa shape index (κ2) is 4.72. The molecule has 0 amide bonds. The van der Waals surface area contributed by atoms with E-state index >= 15 is 0 Å². The number of hydrogen-bond donors (Lipinski definition) is 1. The summed E-state index contributed by atoms with van der Waals surface area (Å²) >= 11 is 1.72. The average Bonchev–Trinajstić information content (AvgIpc) is 2.47. The summed E-state index contributed by atoms with van der Waals surface area (Å²) in [5.74, 6) is 0.356. The van der Waals surface area contributed by atoms with Crippen LogP contribution in [0.2, 0.25) is 0 Å². The Bertz CT molecular complexity index is 257. The lowest BCUT2D eigenvalue weighted by atomic mass is 10.0. The molecule has 2 nitrogen and oxygen atoms in total. The highest BCUT2D eigenvalue weighted by atomic mass is 32.1. The summed E-state index contributed by atoms with van der Waals surface area (Å²) in [6, 6.07) is 0. The highest BCUT2D eigenvalue weighted by Gasteiger charge is 2.09. The molecule has 0 saturated heterocycles. The van der Waals surface area contributed by atoms with Gasteiger partial charge in [0.05, 0.1) is 11.1 Å². The highest BCUT2D eigenvalue weighted by Crippen LogP contribution is 2.16. The first-order valence-corrected chi connectivity index (χ1v) is 5.50. The van der Waals surface area contributed by atoms with Crippen molar-refractivity contribution >= 4 is 11.3 Å². The average molecular weight is 199 g/mol. The fourth-order valence-electron chi connectivity index (χ4n) is 1.14. The molecule has 1 N–H and O–H groups in total. The Kier molecular flexibility index (Phi) is 3.88. The van der Waals surface area contributed by atoms with E-state index in [0.717, 1.165) is 17.8 Å². The van der Waals surface area contributed by atoms with Crippen molar-refractivity contribution in [3.05, 3.63) is 16.1 Å². The first-order valence-electron chi connectivity index (χ1n) is 4.69. The normalized spacial score (nSPS) is 13.6. The van der Waals surface area contributed by atoms with Crippen LogP contribution in [0.4, 0.5) is 0 Å². The van der Waals surface area contributed by atoms with Gasteiger partial charge in [0, 0.05) is 11.1 Å². The van der Waals surface area contributed by atoms with Crippen LogP contribution in [0.1, 0.15) is 30.2 Å². The molecule has 0 fully saturated rings. The van der Waals surface area contributed by atoms with Gasteiger partial charge in [-0.25, -0.2) is 4.98 Å². The maximum Gasteiger partial charge on any atom is 0.0896 e. The summed E-state index contributed by atoms with van der Waals surface area (Å²) in [6.07, 6.45) is 3.53. The van der Waals surface area contributed by atoms with Gasteiger partial charge in [-0.3, -0.25) is 0 Å².